The summed E-state index contributed by atoms with van der Waals surface area (Å²) in [6.45, 7) is 3.16. The summed E-state index contributed by atoms with van der Waals surface area (Å²) in [6, 6.07) is 4.66. The summed E-state index contributed by atoms with van der Waals surface area (Å²) in [5.41, 5.74) is -0.230. The Morgan fingerprint density at radius 1 is 1.35 bits per heavy atom. The maximum absolute atomic E-state index is 12.5. The molecule has 1 aliphatic rings. The molecular weight excluding hydrogens is 271 g/mol. The van der Waals surface area contributed by atoms with Gasteiger partial charge >= 0.3 is 6.18 Å². The van der Waals surface area contributed by atoms with E-state index in [9.17, 15) is 18.0 Å². The second-order valence-electron chi connectivity index (χ2n) is 4.69. The minimum Gasteiger partial charge on any atom is -0.381 e. The number of benzene rings is 1. The molecule has 1 aromatic carbocycles. The number of carbonyl (C=O) groups is 1. The van der Waals surface area contributed by atoms with Crippen molar-refractivity contribution in [1.82, 2.24) is 0 Å². The topological polar surface area (TPSA) is 29.5 Å². The van der Waals surface area contributed by atoms with Crippen molar-refractivity contribution >= 4 is 11.6 Å². The predicted molar refractivity (Wildman–Crippen MR) is 68.4 cm³/mol. The van der Waals surface area contributed by atoms with Crippen LogP contribution in [0.25, 0.3) is 0 Å². The van der Waals surface area contributed by atoms with Gasteiger partial charge in [-0.05, 0) is 37.6 Å². The lowest BCUT2D eigenvalue weighted by atomic mass is 10.1. The van der Waals surface area contributed by atoms with Gasteiger partial charge in [-0.1, -0.05) is 0 Å². The monoisotopic (exact) mass is 287 g/mol. The minimum atomic E-state index is -4.36. The van der Waals surface area contributed by atoms with Gasteiger partial charge in [-0.25, -0.2) is 0 Å². The summed E-state index contributed by atoms with van der Waals surface area (Å²) < 4.78 is 42.7. The van der Waals surface area contributed by atoms with Gasteiger partial charge in [0.25, 0.3) is 0 Å². The van der Waals surface area contributed by atoms with Gasteiger partial charge in [0.15, 0.2) is 0 Å². The zero-order chi connectivity index (χ0) is 14.8. The lowest BCUT2D eigenvalue weighted by Gasteiger charge is -2.24. The van der Waals surface area contributed by atoms with E-state index in [1.54, 1.807) is 6.92 Å². The third kappa shape index (κ3) is 3.12. The fraction of sp³-hybridized carbons (Fsp3) is 0.500. The van der Waals surface area contributed by atoms with Gasteiger partial charge in [-0.2, -0.15) is 13.2 Å². The molecule has 1 heterocycles. The number of anilines is 1. The van der Waals surface area contributed by atoms with Gasteiger partial charge in [-0.15, -0.1) is 0 Å². The average Bonchev–Trinajstić information content (AvgIpc) is 2.93. The largest absolute Gasteiger partial charge is 0.416 e. The number of rotatable bonds is 3. The van der Waals surface area contributed by atoms with E-state index < -0.39 is 11.7 Å². The van der Waals surface area contributed by atoms with E-state index in [2.05, 4.69) is 0 Å². The summed E-state index contributed by atoms with van der Waals surface area (Å²) in [5, 5.41) is 0. The van der Waals surface area contributed by atoms with E-state index in [0.717, 1.165) is 12.1 Å². The third-order valence-electron chi connectivity index (χ3n) is 3.37. The van der Waals surface area contributed by atoms with Crippen molar-refractivity contribution in [2.24, 2.45) is 5.92 Å². The summed E-state index contributed by atoms with van der Waals surface area (Å²) in [5.74, 6) is -0.290. The van der Waals surface area contributed by atoms with Crippen LogP contribution < -0.4 is 4.90 Å². The Kier molecular flexibility index (Phi) is 4.32. The molecule has 0 N–H and O–H groups in total. The maximum Gasteiger partial charge on any atom is 0.416 e. The summed E-state index contributed by atoms with van der Waals surface area (Å²) in [4.78, 5) is 13.8. The van der Waals surface area contributed by atoms with Crippen LogP contribution in [0, 0.1) is 5.92 Å². The number of alkyl halides is 3. The van der Waals surface area contributed by atoms with Crippen LogP contribution in [-0.4, -0.2) is 25.7 Å². The highest BCUT2D eigenvalue weighted by atomic mass is 19.4. The molecule has 0 aliphatic carbocycles. The van der Waals surface area contributed by atoms with Crippen LogP contribution >= 0.6 is 0 Å². The van der Waals surface area contributed by atoms with Gasteiger partial charge in [0.05, 0.1) is 18.1 Å². The molecule has 0 radical (unpaired) electrons. The molecule has 0 unspecified atom stereocenters. The van der Waals surface area contributed by atoms with E-state index in [1.165, 1.54) is 17.0 Å². The molecule has 0 bridgehead atoms. The first kappa shape index (κ1) is 14.8. The van der Waals surface area contributed by atoms with Crippen molar-refractivity contribution in [3.05, 3.63) is 29.8 Å². The first-order valence-electron chi connectivity index (χ1n) is 6.50. The fourth-order valence-electron chi connectivity index (χ4n) is 2.25. The average molecular weight is 287 g/mol. The third-order valence-corrected chi connectivity index (χ3v) is 3.37. The molecule has 1 aliphatic heterocycles. The highest BCUT2D eigenvalue weighted by molar-refractivity contribution is 5.95. The van der Waals surface area contributed by atoms with Gasteiger partial charge in [-0.3, -0.25) is 4.79 Å². The van der Waals surface area contributed by atoms with Crippen LogP contribution in [0.2, 0.25) is 0 Å². The maximum atomic E-state index is 12.5. The van der Waals surface area contributed by atoms with Crippen LogP contribution in [-0.2, 0) is 15.7 Å². The molecule has 1 amide bonds. The lowest BCUT2D eigenvalue weighted by Crippen LogP contribution is -2.36. The first-order valence-corrected chi connectivity index (χ1v) is 6.50. The number of halogens is 3. The Labute approximate surface area is 115 Å². The SMILES string of the molecule is CCN(C(=O)[C@H]1CCOC1)c1ccc(C(F)(F)F)cc1. The molecule has 0 saturated carbocycles. The molecule has 0 spiro atoms. The Balaban J connectivity index is 2.17. The summed E-state index contributed by atoms with van der Waals surface area (Å²) in [6.07, 6.45) is -3.70. The molecule has 2 rings (SSSR count). The predicted octanol–water partition coefficient (Wildman–Crippen LogP) is 3.09. The van der Waals surface area contributed by atoms with Crippen molar-refractivity contribution in [1.29, 1.82) is 0 Å². The smallest absolute Gasteiger partial charge is 0.381 e. The Hall–Kier alpha value is -1.56. The van der Waals surface area contributed by atoms with Crippen molar-refractivity contribution in [3.63, 3.8) is 0 Å². The van der Waals surface area contributed by atoms with Crippen LogP contribution in [0.4, 0.5) is 18.9 Å². The van der Waals surface area contributed by atoms with Gasteiger partial charge in [0, 0.05) is 18.8 Å². The van der Waals surface area contributed by atoms with Crippen molar-refractivity contribution in [2.75, 3.05) is 24.7 Å². The highest BCUT2D eigenvalue weighted by Crippen LogP contribution is 2.31. The Morgan fingerprint density at radius 3 is 2.45 bits per heavy atom. The molecule has 0 aromatic heterocycles. The molecule has 1 fully saturated rings. The van der Waals surface area contributed by atoms with Crippen molar-refractivity contribution < 1.29 is 22.7 Å². The Bertz CT molecular complexity index is 464. The molecular formula is C14H16F3NO2. The standard InChI is InChI=1S/C14H16F3NO2/c1-2-18(13(19)10-7-8-20-9-10)12-5-3-11(4-6-12)14(15,16)17/h3-6,10H,2,7-9H2,1H3/t10-/m0/s1. The first-order chi connectivity index (χ1) is 9.43. The molecule has 20 heavy (non-hydrogen) atoms. The number of hydrogen-bond donors (Lipinski definition) is 0. The summed E-state index contributed by atoms with van der Waals surface area (Å²) >= 11 is 0. The van der Waals surface area contributed by atoms with Crippen molar-refractivity contribution in [3.8, 4) is 0 Å². The van der Waals surface area contributed by atoms with Gasteiger partial charge in [0.1, 0.15) is 0 Å². The number of ether oxygens (including phenoxy) is 1. The van der Waals surface area contributed by atoms with Crippen LogP contribution in [0.15, 0.2) is 24.3 Å². The zero-order valence-corrected chi connectivity index (χ0v) is 11.1. The second-order valence-corrected chi connectivity index (χ2v) is 4.69. The minimum absolute atomic E-state index is 0.0928. The fourth-order valence-corrected chi connectivity index (χ4v) is 2.25. The van der Waals surface area contributed by atoms with E-state index in [-0.39, 0.29) is 11.8 Å². The van der Waals surface area contributed by atoms with Gasteiger partial charge in [0.2, 0.25) is 5.91 Å². The number of carbonyl (C=O) groups excluding carboxylic acids is 1. The highest BCUT2D eigenvalue weighted by Gasteiger charge is 2.31. The molecule has 110 valence electrons. The van der Waals surface area contributed by atoms with E-state index >= 15 is 0 Å². The molecule has 3 nitrogen and oxygen atoms in total. The van der Waals surface area contributed by atoms with Crippen LogP contribution in [0.3, 0.4) is 0 Å². The second kappa shape index (κ2) is 5.83. The Morgan fingerprint density at radius 2 is 2.00 bits per heavy atom. The van der Waals surface area contributed by atoms with E-state index in [4.69, 9.17) is 4.74 Å². The quantitative estimate of drug-likeness (QED) is 0.855. The lowest BCUT2D eigenvalue weighted by molar-refractivity contribution is -0.137. The van der Waals surface area contributed by atoms with Crippen LogP contribution in [0.5, 0.6) is 0 Å². The summed E-state index contributed by atoms with van der Waals surface area (Å²) in [7, 11) is 0. The molecule has 6 heteroatoms. The number of amides is 1. The van der Waals surface area contributed by atoms with E-state index in [0.29, 0.717) is 31.9 Å². The zero-order valence-electron chi connectivity index (χ0n) is 11.1. The number of hydrogen-bond acceptors (Lipinski definition) is 2. The van der Waals surface area contributed by atoms with Crippen molar-refractivity contribution in [2.45, 2.75) is 19.5 Å². The number of nitrogens with zero attached hydrogens (tertiary/aromatic N) is 1. The van der Waals surface area contributed by atoms with Gasteiger partial charge < -0.3 is 9.64 Å². The normalized spacial score (nSPS) is 19.1. The molecule has 1 aromatic rings. The molecule has 1 atom stereocenters. The van der Waals surface area contributed by atoms with E-state index in [1.807, 2.05) is 0 Å². The van der Waals surface area contributed by atoms with Crippen LogP contribution in [0.1, 0.15) is 18.9 Å². The molecule has 1 saturated heterocycles.